The normalized spacial score (nSPS) is 30.4. The molecule has 0 spiro atoms. The Morgan fingerprint density at radius 1 is 1.22 bits per heavy atom. The summed E-state index contributed by atoms with van der Waals surface area (Å²) in [4.78, 5) is 0. The summed E-state index contributed by atoms with van der Waals surface area (Å²) in [6.07, 6.45) is 18.2. The highest BCUT2D eigenvalue weighted by Gasteiger charge is 2.33. The molecule has 0 radical (unpaired) electrons. The Morgan fingerprint density at radius 3 is 2.39 bits per heavy atom. The van der Waals surface area contributed by atoms with E-state index in [-0.39, 0.29) is 17.7 Å². The van der Waals surface area contributed by atoms with Crippen LogP contribution in [0.15, 0.2) is 46.9 Å². The highest BCUT2D eigenvalue weighted by atomic mass is 19.1. The van der Waals surface area contributed by atoms with E-state index in [1.54, 1.807) is 6.08 Å². The van der Waals surface area contributed by atoms with E-state index in [2.05, 4.69) is 38.8 Å². The van der Waals surface area contributed by atoms with Crippen molar-refractivity contribution in [3.8, 4) is 12.3 Å². The first-order chi connectivity index (χ1) is 11.0. The van der Waals surface area contributed by atoms with Crippen LogP contribution in [0.1, 0.15) is 60.3 Å². The van der Waals surface area contributed by atoms with Gasteiger partial charge in [0, 0.05) is 0 Å². The number of terminal acetylenes is 1. The minimum Gasteiger partial charge on any atom is -0.207 e. The van der Waals surface area contributed by atoms with Gasteiger partial charge in [0.05, 0.1) is 5.92 Å². The summed E-state index contributed by atoms with van der Waals surface area (Å²) >= 11 is 0. The second-order valence-electron chi connectivity index (χ2n) is 6.57. The van der Waals surface area contributed by atoms with Gasteiger partial charge in [0.1, 0.15) is 5.83 Å². The second kappa shape index (κ2) is 9.56. The molecule has 2 aliphatic rings. The van der Waals surface area contributed by atoms with Crippen LogP contribution in [0.4, 0.5) is 4.39 Å². The molecule has 0 aromatic carbocycles. The first kappa shape index (κ1) is 19.5. The molecule has 0 fully saturated rings. The zero-order valence-corrected chi connectivity index (χ0v) is 15.3. The van der Waals surface area contributed by atoms with Gasteiger partial charge in [0.15, 0.2) is 0 Å². The Morgan fingerprint density at radius 2 is 1.87 bits per heavy atom. The fourth-order valence-corrected chi connectivity index (χ4v) is 3.19. The number of halogens is 1. The molecule has 0 saturated carbocycles. The summed E-state index contributed by atoms with van der Waals surface area (Å²) < 4.78 is 14.5. The lowest BCUT2D eigenvalue weighted by atomic mass is 9.70. The molecular formula is C22H31F. The Hall–Kier alpha value is -1.55. The highest BCUT2D eigenvalue weighted by Crippen LogP contribution is 2.43. The molecule has 0 heterocycles. The van der Waals surface area contributed by atoms with Crippen LogP contribution in [0, 0.1) is 30.1 Å². The number of fused-ring (bicyclic) bond motifs is 1. The Kier molecular flexibility index (Phi) is 8.10. The molecule has 2 rings (SSSR count). The lowest BCUT2D eigenvalue weighted by Gasteiger charge is -2.34. The van der Waals surface area contributed by atoms with Crippen molar-refractivity contribution >= 4 is 0 Å². The quantitative estimate of drug-likeness (QED) is 0.493. The molecular weight excluding hydrogens is 283 g/mol. The van der Waals surface area contributed by atoms with Crippen molar-refractivity contribution in [1.29, 1.82) is 0 Å². The van der Waals surface area contributed by atoms with Crippen molar-refractivity contribution in [3.05, 3.63) is 46.9 Å². The molecule has 3 unspecified atom stereocenters. The van der Waals surface area contributed by atoms with Crippen LogP contribution >= 0.6 is 0 Å². The predicted molar refractivity (Wildman–Crippen MR) is 99.6 cm³/mol. The van der Waals surface area contributed by atoms with Crippen LogP contribution in [0.3, 0.4) is 0 Å². The molecule has 3 atom stereocenters. The first-order valence-corrected chi connectivity index (χ1v) is 8.87. The first-order valence-electron chi connectivity index (χ1n) is 8.87. The zero-order chi connectivity index (χ0) is 17.4. The number of hydrogen-bond acceptors (Lipinski definition) is 0. The minimum atomic E-state index is -0.201. The molecule has 126 valence electrons. The van der Waals surface area contributed by atoms with Crippen LogP contribution in [-0.4, -0.2) is 0 Å². The molecule has 0 nitrogen and oxygen atoms in total. The van der Waals surface area contributed by atoms with Crippen LogP contribution in [0.5, 0.6) is 0 Å². The molecule has 0 bridgehead atoms. The zero-order valence-electron chi connectivity index (χ0n) is 15.3. The summed E-state index contributed by atoms with van der Waals surface area (Å²) in [7, 11) is 0. The van der Waals surface area contributed by atoms with Gasteiger partial charge in [0.2, 0.25) is 0 Å². The molecule has 0 aromatic rings. The smallest absolute Gasteiger partial charge is 0.124 e. The van der Waals surface area contributed by atoms with Gasteiger partial charge >= 0.3 is 0 Å². The lowest BCUT2D eigenvalue weighted by molar-refractivity contribution is 0.395. The average molecular weight is 314 g/mol. The van der Waals surface area contributed by atoms with E-state index in [9.17, 15) is 4.39 Å². The third-order valence-corrected chi connectivity index (χ3v) is 4.73. The van der Waals surface area contributed by atoms with Gasteiger partial charge in [-0.25, -0.2) is 4.39 Å². The van der Waals surface area contributed by atoms with Gasteiger partial charge in [-0.15, -0.1) is 6.42 Å². The number of hydrogen-bond donors (Lipinski definition) is 0. The Labute approximate surface area is 142 Å². The SMILES string of the molecule is C#CC1C2=C(F)C=C(C)CC2C(CC)/C=C\C=C/1C.CCCC. The van der Waals surface area contributed by atoms with Crippen molar-refractivity contribution in [2.45, 2.75) is 60.3 Å². The van der Waals surface area contributed by atoms with Crippen LogP contribution < -0.4 is 0 Å². The van der Waals surface area contributed by atoms with Crippen LogP contribution in [0.25, 0.3) is 0 Å². The van der Waals surface area contributed by atoms with Crippen molar-refractivity contribution in [1.82, 2.24) is 0 Å². The lowest BCUT2D eigenvalue weighted by Crippen LogP contribution is -2.25. The van der Waals surface area contributed by atoms with Gasteiger partial charge in [-0.2, -0.15) is 0 Å². The van der Waals surface area contributed by atoms with Gasteiger partial charge in [0.25, 0.3) is 0 Å². The monoisotopic (exact) mass is 314 g/mol. The standard InChI is InChI=1S/C18H21F.C4H10/c1-5-14-9-7-8-13(4)15(6-2)18-16(14)10-12(3)11-17(18)19;1-3-4-2/h2,7-9,11,14-16H,5,10H2,1,3-4H3;3-4H2,1-2H3/b9-7-,13-8-;. The summed E-state index contributed by atoms with van der Waals surface area (Å²) in [6.45, 7) is 10.5. The van der Waals surface area contributed by atoms with Crippen LogP contribution in [0.2, 0.25) is 0 Å². The fraction of sp³-hybridized carbons (Fsp3) is 0.545. The summed E-state index contributed by atoms with van der Waals surface area (Å²) in [5.41, 5.74) is 2.98. The summed E-state index contributed by atoms with van der Waals surface area (Å²) in [5, 5.41) is 0. The van der Waals surface area contributed by atoms with E-state index in [4.69, 9.17) is 6.42 Å². The second-order valence-corrected chi connectivity index (χ2v) is 6.57. The third kappa shape index (κ3) is 4.96. The molecule has 0 amide bonds. The van der Waals surface area contributed by atoms with Crippen LogP contribution in [-0.2, 0) is 0 Å². The van der Waals surface area contributed by atoms with Crippen molar-refractivity contribution < 1.29 is 4.39 Å². The Bertz CT molecular complexity index is 549. The third-order valence-electron chi connectivity index (χ3n) is 4.73. The predicted octanol–water partition coefficient (Wildman–Crippen LogP) is 6.77. The molecule has 0 saturated heterocycles. The minimum absolute atomic E-state index is 0.113. The largest absolute Gasteiger partial charge is 0.207 e. The van der Waals surface area contributed by atoms with Crippen molar-refractivity contribution in [3.63, 3.8) is 0 Å². The van der Waals surface area contributed by atoms with Crippen molar-refractivity contribution in [2.24, 2.45) is 17.8 Å². The number of allylic oxidation sites excluding steroid dienone is 8. The fourth-order valence-electron chi connectivity index (χ4n) is 3.19. The molecule has 0 N–H and O–H groups in total. The van der Waals surface area contributed by atoms with E-state index in [0.29, 0.717) is 5.92 Å². The maximum Gasteiger partial charge on any atom is 0.124 e. The topological polar surface area (TPSA) is 0 Å². The molecule has 1 heteroatoms. The Balaban J connectivity index is 0.000000593. The average Bonchev–Trinajstić information content (AvgIpc) is 2.52. The van der Waals surface area contributed by atoms with E-state index >= 15 is 0 Å². The maximum atomic E-state index is 14.5. The summed E-state index contributed by atoms with van der Waals surface area (Å²) in [6, 6.07) is 0. The number of unbranched alkanes of at least 4 members (excludes halogenated alkanes) is 1. The number of rotatable bonds is 2. The van der Waals surface area contributed by atoms with E-state index in [1.165, 1.54) is 12.8 Å². The molecule has 2 aliphatic carbocycles. The van der Waals surface area contributed by atoms with Gasteiger partial charge in [-0.05, 0) is 50.2 Å². The molecule has 0 aliphatic heterocycles. The molecule has 0 aromatic heterocycles. The van der Waals surface area contributed by atoms with E-state index < -0.39 is 0 Å². The maximum absolute atomic E-state index is 14.5. The summed E-state index contributed by atoms with van der Waals surface area (Å²) in [5.74, 6) is 3.04. The van der Waals surface area contributed by atoms with E-state index in [0.717, 1.165) is 29.6 Å². The van der Waals surface area contributed by atoms with Gasteiger partial charge in [-0.3, -0.25) is 0 Å². The van der Waals surface area contributed by atoms with Gasteiger partial charge in [-0.1, -0.05) is 68.9 Å². The van der Waals surface area contributed by atoms with E-state index in [1.807, 2.05) is 19.9 Å². The molecule has 23 heavy (non-hydrogen) atoms. The van der Waals surface area contributed by atoms with Gasteiger partial charge < -0.3 is 0 Å². The van der Waals surface area contributed by atoms with Crippen molar-refractivity contribution in [2.75, 3.05) is 0 Å². The highest BCUT2D eigenvalue weighted by molar-refractivity contribution is 5.42.